The van der Waals surface area contributed by atoms with Crippen LogP contribution in [0.1, 0.15) is 26.3 Å². The fraction of sp³-hybridized carbons (Fsp3) is 0.462. The van der Waals surface area contributed by atoms with Crippen molar-refractivity contribution in [3.05, 3.63) is 29.8 Å². The van der Waals surface area contributed by atoms with Crippen LogP contribution in [0, 0.1) is 11.3 Å². The molecule has 0 aliphatic carbocycles. The van der Waals surface area contributed by atoms with Gasteiger partial charge in [-0.05, 0) is 51.2 Å². The number of rotatable bonds is 2. The first-order valence-corrected chi connectivity index (χ1v) is 8.36. The van der Waals surface area contributed by atoms with Gasteiger partial charge in [0.25, 0.3) is 0 Å². The molecule has 0 saturated carbocycles. The zero-order chi connectivity index (χ0) is 12.4. The molecule has 0 bridgehead atoms. The largest absolute Gasteiger partial charge is 0.408 e. The molecule has 0 amide bonds. The van der Waals surface area contributed by atoms with E-state index in [-0.39, 0.29) is 5.60 Å². The van der Waals surface area contributed by atoms with Crippen LogP contribution in [0.25, 0.3) is 0 Å². The van der Waals surface area contributed by atoms with Gasteiger partial charge in [-0.3, -0.25) is 0 Å². The highest BCUT2D eigenvalue weighted by atomic mass is 28.4. The molecule has 3 heteroatoms. The first-order valence-electron chi connectivity index (χ1n) is 5.45. The highest BCUT2D eigenvalue weighted by Crippen LogP contribution is 2.17. The maximum atomic E-state index is 8.88. The lowest BCUT2D eigenvalue weighted by molar-refractivity contribution is 0.125. The summed E-state index contributed by atoms with van der Waals surface area (Å²) in [6.45, 7) is 10.5. The van der Waals surface area contributed by atoms with E-state index in [0.717, 1.165) is 0 Å². The third kappa shape index (κ3) is 3.48. The lowest BCUT2D eigenvalue weighted by Crippen LogP contribution is -2.49. The zero-order valence-electron chi connectivity index (χ0n) is 10.7. The van der Waals surface area contributed by atoms with Crippen molar-refractivity contribution in [3.63, 3.8) is 0 Å². The third-order valence-corrected chi connectivity index (χ3v) is 5.07. The van der Waals surface area contributed by atoms with Gasteiger partial charge >= 0.3 is 0 Å². The minimum Gasteiger partial charge on any atom is -0.408 e. The number of nitrogens with zero attached hydrogens (tertiary/aromatic N) is 1. The van der Waals surface area contributed by atoms with Crippen molar-refractivity contribution in [2.45, 2.75) is 39.5 Å². The van der Waals surface area contributed by atoms with E-state index in [1.54, 1.807) is 0 Å². The minimum atomic E-state index is -1.91. The highest BCUT2D eigenvalue weighted by molar-refractivity contribution is 6.84. The van der Waals surface area contributed by atoms with Gasteiger partial charge in [-0.2, -0.15) is 5.26 Å². The average Bonchev–Trinajstić information content (AvgIpc) is 2.14. The first kappa shape index (κ1) is 13.0. The SMILES string of the molecule is CC(C)(C)O[Si](C)(C)c1cccc(C#N)c1. The van der Waals surface area contributed by atoms with Crippen molar-refractivity contribution in [1.82, 2.24) is 0 Å². The molecule has 1 aromatic carbocycles. The molecule has 0 aromatic heterocycles. The second-order valence-electron chi connectivity index (χ2n) is 5.42. The van der Waals surface area contributed by atoms with Crippen molar-refractivity contribution in [3.8, 4) is 6.07 Å². The van der Waals surface area contributed by atoms with Gasteiger partial charge in [0.05, 0.1) is 11.6 Å². The molecule has 0 radical (unpaired) electrons. The van der Waals surface area contributed by atoms with Crippen molar-refractivity contribution in [2.24, 2.45) is 0 Å². The van der Waals surface area contributed by atoms with Gasteiger partial charge < -0.3 is 4.43 Å². The van der Waals surface area contributed by atoms with Crippen molar-refractivity contribution >= 4 is 13.5 Å². The number of nitriles is 1. The fourth-order valence-corrected chi connectivity index (χ4v) is 4.44. The van der Waals surface area contributed by atoms with Gasteiger partial charge in [0.1, 0.15) is 0 Å². The Balaban J connectivity index is 3.03. The van der Waals surface area contributed by atoms with Crippen LogP contribution < -0.4 is 5.19 Å². The second-order valence-corrected chi connectivity index (χ2v) is 9.22. The summed E-state index contributed by atoms with van der Waals surface area (Å²) >= 11 is 0. The summed E-state index contributed by atoms with van der Waals surface area (Å²) in [4.78, 5) is 0. The highest BCUT2D eigenvalue weighted by Gasteiger charge is 2.30. The standard InChI is InChI=1S/C13H19NOSi/c1-13(2,3)15-16(4,5)12-8-6-7-11(9-12)10-14/h6-9H,1-5H3. The molecule has 0 aliphatic rings. The molecule has 0 atom stereocenters. The summed E-state index contributed by atoms with van der Waals surface area (Å²) in [7, 11) is -1.91. The van der Waals surface area contributed by atoms with Gasteiger partial charge in [0.2, 0.25) is 8.32 Å². The molecule has 2 nitrogen and oxygen atoms in total. The lowest BCUT2D eigenvalue weighted by atomic mass is 10.2. The van der Waals surface area contributed by atoms with E-state index < -0.39 is 8.32 Å². The van der Waals surface area contributed by atoms with Crippen LogP contribution >= 0.6 is 0 Å². The Morgan fingerprint density at radius 2 is 1.88 bits per heavy atom. The van der Waals surface area contributed by atoms with E-state index in [9.17, 15) is 0 Å². The summed E-state index contributed by atoms with van der Waals surface area (Å²) in [5, 5.41) is 10.1. The smallest absolute Gasteiger partial charge is 0.218 e. The second kappa shape index (κ2) is 4.40. The van der Waals surface area contributed by atoms with Crippen molar-refractivity contribution in [2.75, 3.05) is 0 Å². The number of hydrogen-bond donors (Lipinski definition) is 0. The molecule has 0 N–H and O–H groups in total. The quantitative estimate of drug-likeness (QED) is 0.736. The molecule has 0 spiro atoms. The maximum absolute atomic E-state index is 8.88. The van der Waals surface area contributed by atoms with Gasteiger partial charge in [0, 0.05) is 5.60 Å². The van der Waals surface area contributed by atoms with Crippen LogP contribution in [0.4, 0.5) is 0 Å². The molecule has 0 aliphatic heterocycles. The normalized spacial score (nSPS) is 12.2. The van der Waals surface area contributed by atoms with E-state index in [1.807, 2.05) is 18.2 Å². The molecule has 0 fully saturated rings. The predicted octanol–water partition coefficient (Wildman–Crippen LogP) is 2.79. The molecule has 0 heterocycles. The molecule has 1 rings (SSSR count). The molecule has 0 unspecified atom stereocenters. The molecule has 16 heavy (non-hydrogen) atoms. The van der Waals surface area contributed by atoms with E-state index >= 15 is 0 Å². The van der Waals surface area contributed by atoms with E-state index in [4.69, 9.17) is 9.69 Å². The molecular formula is C13H19NOSi. The van der Waals surface area contributed by atoms with Crippen molar-refractivity contribution < 1.29 is 4.43 Å². The summed E-state index contributed by atoms with van der Waals surface area (Å²) in [6.07, 6.45) is 0. The third-order valence-electron chi connectivity index (χ3n) is 2.25. The van der Waals surface area contributed by atoms with Gasteiger partial charge in [0.15, 0.2) is 0 Å². The summed E-state index contributed by atoms with van der Waals surface area (Å²) < 4.78 is 6.14. The average molecular weight is 233 g/mol. The first-order chi connectivity index (χ1) is 7.24. The van der Waals surface area contributed by atoms with Crippen LogP contribution in [0.3, 0.4) is 0 Å². The topological polar surface area (TPSA) is 33.0 Å². The van der Waals surface area contributed by atoms with Crippen LogP contribution in [0.5, 0.6) is 0 Å². The Kier molecular flexibility index (Phi) is 3.56. The predicted molar refractivity (Wildman–Crippen MR) is 69.1 cm³/mol. The summed E-state index contributed by atoms with van der Waals surface area (Å²) in [5.74, 6) is 0. The lowest BCUT2D eigenvalue weighted by Gasteiger charge is -2.32. The van der Waals surface area contributed by atoms with E-state index in [0.29, 0.717) is 5.56 Å². The van der Waals surface area contributed by atoms with E-state index in [2.05, 4.69) is 46.0 Å². The molecule has 86 valence electrons. The fourth-order valence-electron chi connectivity index (χ4n) is 1.79. The molecule has 0 saturated heterocycles. The Morgan fingerprint density at radius 3 is 2.38 bits per heavy atom. The van der Waals surface area contributed by atoms with Crippen LogP contribution in [0.15, 0.2) is 24.3 Å². The maximum Gasteiger partial charge on any atom is 0.218 e. The van der Waals surface area contributed by atoms with Crippen molar-refractivity contribution in [1.29, 1.82) is 5.26 Å². The Morgan fingerprint density at radius 1 is 1.25 bits per heavy atom. The Hall–Kier alpha value is -1.11. The van der Waals surface area contributed by atoms with Crippen LogP contribution in [-0.2, 0) is 4.43 Å². The van der Waals surface area contributed by atoms with Crippen LogP contribution in [0.2, 0.25) is 13.1 Å². The Bertz CT molecular complexity index is 413. The van der Waals surface area contributed by atoms with E-state index in [1.165, 1.54) is 5.19 Å². The van der Waals surface area contributed by atoms with Gasteiger partial charge in [-0.1, -0.05) is 12.1 Å². The minimum absolute atomic E-state index is 0.141. The monoisotopic (exact) mass is 233 g/mol. The number of hydrogen-bond acceptors (Lipinski definition) is 2. The summed E-state index contributed by atoms with van der Waals surface area (Å²) in [6, 6.07) is 9.92. The molecule has 1 aromatic rings. The van der Waals surface area contributed by atoms with Gasteiger partial charge in [-0.25, -0.2) is 0 Å². The zero-order valence-corrected chi connectivity index (χ0v) is 11.7. The molecular weight excluding hydrogens is 214 g/mol. The number of benzene rings is 1. The van der Waals surface area contributed by atoms with Crippen LogP contribution in [-0.4, -0.2) is 13.9 Å². The van der Waals surface area contributed by atoms with Gasteiger partial charge in [-0.15, -0.1) is 0 Å². The summed E-state index contributed by atoms with van der Waals surface area (Å²) in [5.41, 5.74) is 0.564. The Labute approximate surface area is 99.0 Å².